The SMILES string of the molecule is CC(NC(=O)COC(=O)CN1C(=O)NC(C)(C)C1=O)C12CC3CC(CC(C3)C1)C2. The molecule has 5 aliphatic rings. The van der Waals surface area contributed by atoms with E-state index < -0.39 is 36.6 Å². The van der Waals surface area contributed by atoms with E-state index in [1.807, 2.05) is 0 Å². The van der Waals surface area contributed by atoms with Crippen molar-refractivity contribution in [3.8, 4) is 0 Å². The molecule has 0 spiro atoms. The highest BCUT2D eigenvalue weighted by molar-refractivity contribution is 6.08. The van der Waals surface area contributed by atoms with Gasteiger partial charge in [-0.05, 0) is 82.5 Å². The highest BCUT2D eigenvalue weighted by Crippen LogP contribution is 2.61. The van der Waals surface area contributed by atoms with E-state index in [-0.39, 0.29) is 17.4 Å². The monoisotopic (exact) mass is 405 g/mol. The summed E-state index contributed by atoms with van der Waals surface area (Å²) in [6.45, 7) is 4.31. The summed E-state index contributed by atoms with van der Waals surface area (Å²) in [5.41, 5.74) is -0.859. The molecular weight excluding hydrogens is 374 g/mol. The van der Waals surface area contributed by atoms with Gasteiger partial charge in [-0.25, -0.2) is 4.79 Å². The van der Waals surface area contributed by atoms with Crippen molar-refractivity contribution in [2.45, 2.75) is 70.9 Å². The topological polar surface area (TPSA) is 105 Å². The van der Waals surface area contributed by atoms with E-state index in [4.69, 9.17) is 4.74 Å². The Morgan fingerprint density at radius 2 is 1.69 bits per heavy atom. The van der Waals surface area contributed by atoms with Crippen LogP contribution in [0.5, 0.6) is 0 Å². The Morgan fingerprint density at radius 1 is 1.14 bits per heavy atom. The molecule has 1 heterocycles. The number of imide groups is 1. The van der Waals surface area contributed by atoms with Crippen molar-refractivity contribution in [2.24, 2.45) is 23.2 Å². The van der Waals surface area contributed by atoms with Gasteiger partial charge < -0.3 is 15.4 Å². The Hall–Kier alpha value is -2.12. The number of hydrogen-bond acceptors (Lipinski definition) is 5. The van der Waals surface area contributed by atoms with Crippen LogP contribution in [0.25, 0.3) is 0 Å². The fourth-order valence-electron chi connectivity index (χ4n) is 6.43. The number of carbonyl (C=O) groups excluding carboxylic acids is 4. The van der Waals surface area contributed by atoms with Crippen LogP contribution in [0.1, 0.15) is 59.3 Å². The minimum absolute atomic E-state index is 0.0499. The van der Waals surface area contributed by atoms with E-state index in [2.05, 4.69) is 17.6 Å². The molecule has 29 heavy (non-hydrogen) atoms. The molecule has 1 atom stereocenters. The van der Waals surface area contributed by atoms with Gasteiger partial charge in [0.15, 0.2) is 6.61 Å². The Morgan fingerprint density at radius 3 is 2.17 bits per heavy atom. The molecule has 5 rings (SSSR count). The van der Waals surface area contributed by atoms with Crippen molar-refractivity contribution in [1.82, 2.24) is 15.5 Å². The smallest absolute Gasteiger partial charge is 0.326 e. The third-order valence-corrected chi connectivity index (χ3v) is 7.48. The molecule has 0 aromatic carbocycles. The van der Waals surface area contributed by atoms with Crippen LogP contribution in [0.3, 0.4) is 0 Å². The van der Waals surface area contributed by atoms with Crippen molar-refractivity contribution in [2.75, 3.05) is 13.2 Å². The fraction of sp³-hybridized carbons (Fsp3) is 0.810. The highest BCUT2D eigenvalue weighted by atomic mass is 16.5. The Kier molecular flexibility index (Phi) is 4.86. The lowest BCUT2D eigenvalue weighted by Crippen LogP contribution is -2.56. The first-order valence-corrected chi connectivity index (χ1v) is 10.7. The van der Waals surface area contributed by atoms with Gasteiger partial charge >= 0.3 is 12.0 Å². The summed E-state index contributed by atoms with van der Waals surface area (Å²) in [5.74, 6) is 0.799. The zero-order valence-corrected chi connectivity index (χ0v) is 17.5. The Balaban J connectivity index is 1.26. The van der Waals surface area contributed by atoms with Crippen molar-refractivity contribution >= 4 is 23.8 Å². The van der Waals surface area contributed by atoms with Crippen molar-refractivity contribution in [3.05, 3.63) is 0 Å². The van der Waals surface area contributed by atoms with E-state index in [1.54, 1.807) is 13.8 Å². The maximum atomic E-state index is 12.4. The fourth-order valence-corrected chi connectivity index (χ4v) is 6.43. The van der Waals surface area contributed by atoms with Gasteiger partial charge in [0, 0.05) is 6.04 Å². The number of esters is 1. The third kappa shape index (κ3) is 3.73. The number of amides is 4. The van der Waals surface area contributed by atoms with Crippen LogP contribution in [0.15, 0.2) is 0 Å². The van der Waals surface area contributed by atoms with Gasteiger partial charge in [-0.2, -0.15) is 0 Å². The summed E-state index contributed by atoms with van der Waals surface area (Å²) in [6, 6.07) is -0.578. The molecule has 160 valence electrons. The molecule has 4 aliphatic carbocycles. The normalized spacial score (nSPS) is 35.4. The number of nitrogens with one attached hydrogen (secondary N) is 2. The number of rotatable bonds is 6. The first-order valence-electron chi connectivity index (χ1n) is 10.7. The molecule has 0 aromatic rings. The van der Waals surface area contributed by atoms with Crippen molar-refractivity contribution < 1.29 is 23.9 Å². The van der Waals surface area contributed by atoms with Crippen LogP contribution in [-0.4, -0.2) is 53.4 Å². The van der Waals surface area contributed by atoms with Crippen LogP contribution in [0.4, 0.5) is 4.79 Å². The van der Waals surface area contributed by atoms with Crippen LogP contribution >= 0.6 is 0 Å². The van der Waals surface area contributed by atoms with E-state index in [0.29, 0.717) is 0 Å². The minimum Gasteiger partial charge on any atom is -0.454 e. The zero-order chi connectivity index (χ0) is 21.0. The number of hydrogen-bond donors (Lipinski definition) is 2. The predicted molar refractivity (Wildman–Crippen MR) is 103 cm³/mol. The lowest BCUT2D eigenvalue weighted by Gasteiger charge is -2.59. The van der Waals surface area contributed by atoms with Gasteiger partial charge in [0.25, 0.3) is 11.8 Å². The number of carbonyl (C=O) groups is 4. The molecule has 4 saturated carbocycles. The minimum atomic E-state index is -1.04. The summed E-state index contributed by atoms with van der Waals surface area (Å²) < 4.78 is 5.03. The van der Waals surface area contributed by atoms with Gasteiger partial charge in [-0.15, -0.1) is 0 Å². The average molecular weight is 405 g/mol. The van der Waals surface area contributed by atoms with Crippen LogP contribution in [0.2, 0.25) is 0 Å². The molecule has 1 aliphatic heterocycles. The quantitative estimate of drug-likeness (QED) is 0.516. The van der Waals surface area contributed by atoms with Crippen LogP contribution < -0.4 is 10.6 Å². The summed E-state index contributed by atoms with van der Waals surface area (Å²) in [7, 11) is 0. The number of ether oxygens (including phenoxy) is 1. The maximum Gasteiger partial charge on any atom is 0.326 e. The molecular formula is C21H31N3O5. The molecule has 1 saturated heterocycles. The largest absolute Gasteiger partial charge is 0.454 e. The average Bonchev–Trinajstić information content (AvgIpc) is 2.80. The molecule has 4 bridgehead atoms. The summed E-state index contributed by atoms with van der Waals surface area (Å²) in [5, 5.41) is 5.54. The van der Waals surface area contributed by atoms with Crippen LogP contribution in [0, 0.1) is 23.2 Å². The van der Waals surface area contributed by atoms with E-state index >= 15 is 0 Å². The zero-order valence-electron chi connectivity index (χ0n) is 17.5. The third-order valence-electron chi connectivity index (χ3n) is 7.48. The summed E-state index contributed by atoms with van der Waals surface area (Å²) in [6.07, 6.45) is 7.58. The van der Waals surface area contributed by atoms with Gasteiger partial charge in [0.2, 0.25) is 0 Å². The van der Waals surface area contributed by atoms with Gasteiger partial charge in [-0.3, -0.25) is 19.3 Å². The predicted octanol–water partition coefficient (Wildman–Crippen LogP) is 1.58. The second-order valence-corrected chi connectivity index (χ2v) is 10.2. The van der Waals surface area contributed by atoms with Crippen LogP contribution in [-0.2, 0) is 19.1 Å². The molecule has 1 unspecified atom stereocenters. The molecule has 2 N–H and O–H groups in total. The first-order chi connectivity index (χ1) is 13.6. The van der Waals surface area contributed by atoms with E-state index in [9.17, 15) is 19.2 Å². The van der Waals surface area contributed by atoms with Gasteiger partial charge in [0.1, 0.15) is 12.1 Å². The summed E-state index contributed by atoms with van der Waals surface area (Å²) in [4.78, 5) is 49.2. The second kappa shape index (κ2) is 6.99. The molecule has 8 nitrogen and oxygen atoms in total. The van der Waals surface area contributed by atoms with Gasteiger partial charge in [-0.1, -0.05) is 0 Å². The molecule has 0 radical (unpaired) electrons. The van der Waals surface area contributed by atoms with Crippen molar-refractivity contribution in [1.29, 1.82) is 0 Å². The maximum absolute atomic E-state index is 12.4. The number of nitrogens with zero attached hydrogens (tertiary/aromatic N) is 1. The van der Waals surface area contributed by atoms with E-state index in [1.165, 1.54) is 38.5 Å². The Bertz CT molecular complexity index is 711. The Labute approximate surface area is 171 Å². The molecule has 5 fully saturated rings. The van der Waals surface area contributed by atoms with Crippen molar-refractivity contribution in [3.63, 3.8) is 0 Å². The lowest BCUT2D eigenvalue weighted by atomic mass is 9.48. The lowest BCUT2D eigenvalue weighted by molar-refractivity contribution is -0.151. The molecule has 8 heteroatoms. The highest BCUT2D eigenvalue weighted by Gasteiger charge is 2.53. The molecule has 0 aromatic heterocycles. The first kappa shape index (κ1) is 20.2. The number of urea groups is 1. The molecule has 4 amide bonds. The summed E-state index contributed by atoms with van der Waals surface area (Å²) >= 11 is 0. The van der Waals surface area contributed by atoms with Gasteiger partial charge in [0.05, 0.1) is 0 Å². The van der Waals surface area contributed by atoms with E-state index in [0.717, 1.165) is 22.7 Å². The standard InChI is InChI=1S/C21H31N3O5/c1-12(21-7-13-4-14(8-21)6-15(5-13)9-21)22-16(25)11-29-17(26)10-24-18(27)20(2,3)23-19(24)28/h12-15H,4-11H2,1-3H3,(H,22,25)(H,23,28). The second-order valence-electron chi connectivity index (χ2n) is 10.2.